The average molecular weight is 354 g/mol. The van der Waals surface area contributed by atoms with E-state index in [1.165, 1.54) is 49.9 Å². The summed E-state index contributed by atoms with van der Waals surface area (Å²) >= 11 is 0. The van der Waals surface area contributed by atoms with Gasteiger partial charge in [-0.25, -0.2) is 8.78 Å². The molecule has 3 heteroatoms. The van der Waals surface area contributed by atoms with Gasteiger partial charge in [0, 0.05) is 25.7 Å². The molecule has 2 aliphatic rings. The van der Waals surface area contributed by atoms with Gasteiger partial charge in [-0.15, -0.1) is 0 Å². The maximum Gasteiger partial charge on any atom is 0.123 e. The Morgan fingerprint density at radius 1 is 0.808 bits per heavy atom. The third-order valence-corrected chi connectivity index (χ3v) is 6.58. The van der Waals surface area contributed by atoms with Crippen molar-refractivity contribution >= 4 is 5.57 Å². The lowest BCUT2D eigenvalue weighted by Crippen LogP contribution is -2.54. The van der Waals surface area contributed by atoms with Gasteiger partial charge in [0.2, 0.25) is 0 Å². The highest BCUT2D eigenvalue weighted by Crippen LogP contribution is 2.43. The molecule has 26 heavy (non-hydrogen) atoms. The topological polar surface area (TPSA) is 0 Å². The Bertz CT molecular complexity index is 742. The number of allylic oxidation sites excluding steroid dienone is 1. The number of hydrogen-bond acceptors (Lipinski definition) is 0. The quantitative estimate of drug-likeness (QED) is 0.646. The van der Waals surface area contributed by atoms with Crippen molar-refractivity contribution < 1.29 is 13.3 Å². The van der Waals surface area contributed by atoms with E-state index < -0.39 is 0 Å². The molecule has 2 bridgehead atoms. The highest BCUT2D eigenvalue weighted by Gasteiger charge is 2.48. The predicted octanol–water partition coefficient (Wildman–Crippen LogP) is 5.41. The van der Waals surface area contributed by atoms with E-state index in [-0.39, 0.29) is 11.6 Å². The Hall–Kier alpha value is -2.00. The zero-order chi connectivity index (χ0) is 18.3. The molecule has 0 N–H and O–H groups in total. The molecule has 1 nitrogen and oxygen atoms in total. The summed E-state index contributed by atoms with van der Waals surface area (Å²) < 4.78 is 27.9. The fraction of sp³-hybridized carbons (Fsp3) is 0.391. The van der Waals surface area contributed by atoms with Crippen molar-refractivity contribution in [3.05, 3.63) is 77.4 Å². The van der Waals surface area contributed by atoms with E-state index in [0.29, 0.717) is 5.92 Å². The molecule has 0 radical (unpaired) electrons. The van der Waals surface area contributed by atoms with Crippen LogP contribution in [-0.2, 0) is 0 Å². The lowest BCUT2D eigenvalue weighted by atomic mass is 9.85. The van der Waals surface area contributed by atoms with Crippen molar-refractivity contribution in [1.29, 1.82) is 0 Å². The monoisotopic (exact) mass is 354 g/mol. The van der Waals surface area contributed by atoms with E-state index in [2.05, 4.69) is 20.2 Å². The summed E-state index contributed by atoms with van der Waals surface area (Å²) in [6.45, 7) is 0. The fourth-order valence-electron chi connectivity index (χ4n) is 4.91. The molecule has 2 aromatic carbocycles. The van der Waals surface area contributed by atoms with Crippen molar-refractivity contribution in [1.82, 2.24) is 0 Å². The lowest BCUT2D eigenvalue weighted by molar-refractivity contribution is -0.931. The van der Waals surface area contributed by atoms with Gasteiger partial charge in [0.05, 0.1) is 26.2 Å². The fourth-order valence-corrected chi connectivity index (χ4v) is 4.91. The smallest absolute Gasteiger partial charge is 0.123 e. The van der Waals surface area contributed by atoms with E-state index in [4.69, 9.17) is 0 Å². The minimum Gasteiger partial charge on any atom is -0.324 e. The first-order chi connectivity index (χ1) is 12.4. The van der Waals surface area contributed by atoms with Gasteiger partial charge >= 0.3 is 0 Å². The molecule has 0 spiro atoms. The molecule has 4 rings (SSSR count). The molecule has 2 aromatic rings. The molecule has 2 fully saturated rings. The summed E-state index contributed by atoms with van der Waals surface area (Å²) in [4.78, 5) is 0. The molecule has 0 aromatic heterocycles. The minimum atomic E-state index is -0.234. The standard InChI is InChI=1S/C23H26F2N/c1-26(2)21-11-12-22(26)14-16(13-21)15-23(17-3-7-19(24)8-4-17)18-5-9-20(25)10-6-18/h3-10,15-16,21-22H,11-14H2,1-2H3/q+1/t16?,21-,22+. The minimum absolute atomic E-state index is 0.234. The summed E-state index contributed by atoms with van der Waals surface area (Å²) in [5, 5.41) is 0. The van der Waals surface area contributed by atoms with Crippen molar-refractivity contribution in [3.63, 3.8) is 0 Å². The molecule has 0 saturated carbocycles. The van der Waals surface area contributed by atoms with Crippen molar-refractivity contribution in [2.24, 2.45) is 5.92 Å². The third-order valence-electron chi connectivity index (χ3n) is 6.58. The first kappa shape index (κ1) is 17.4. The van der Waals surface area contributed by atoms with E-state index in [9.17, 15) is 8.78 Å². The molecule has 0 aliphatic carbocycles. The number of halogens is 2. The number of rotatable bonds is 3. The summed E-state index contributed by atoms with van der Waals surface area (Å²) in [5.41, 5.74) is 3.07. The number of hydrogen-bond donors (Lipinski definition) is 0. The molecular formula is C23H26F2N+. The Morgan fingerprint density at radius 2 is 1.23 bits per heavy atom. The number of quaternary nitrogens is 1. The van der Waals surface area contributed by atoms with Gasteiger partial charge in [-0.3, -0.25) is 0 Å². The lowest BCUT2D eigenvalue weighted by Gasteiger charge is -2.44. The number of fused-ring (bicyclic) bond motifs is 2. The highest BCUT2D eigenvalue weighted by molar-refractivity contribution is 5.79. The van der Waals surface area contributed by atoms with Gasteiger partial charge in [-0.1, -0.05) is 30.3 Å². The summed E-state index contributed by atoms with van der Waals surface area (Å²) in [5.74, 6) is 0.0488. The Balaban J connectivity index is 1.70. The van der Waals surface area contributed by atoms with Crippen LogP contribution >= 0.6 is 0 Å². The maximum absolute atomic E-state index is 13.4. The van der Waals surface area contributed by atoms with Crippen molar-refractivity contribution in [2.75, 3.05) is 14.1 Å². The second kappa shape index (κ2) is 6.62. The van der Waals surface area contributed by atoms with Crippen LogP contribution < -0.4 is 0 Å². The second-order valence-corrected chi connectivity index (χ2v) is 8.34. The molecule has 0 amide bonds. The largest absolute Gasteiger partial charge is 0.324 e. The van der Waals surface area contributed by atoms with Crippen LogP contribution in [0.1, 0.15) is 36.8 Å². The van der Waals surface area contributed by atoms with Gasteiger partial charge in [-0.2, -0.15) is 0 Å². The van der Waals surface area contributed by atoms with E-state index >= 15 is 0 Å². The van der Waals surface area contributed by atoms with Gasteiger partial charge in [-0.05, 0) is 46.9 Å². The third kappa shape index (κ3) is 3.21. The van der Waals surface area contributed by atoms with Crippen LogP contribution in [0.4, 0.5) is 8.78 Å². The molecule has 2 heterocycles. The molecule has 2 aliphatic heterocycles. The van der Waals surface area contributed by atoms with Gasteiger partial charge < -0.3 is 4.48 Å². The van der Waals surface area contributed by atoms with Crippen LogP contribution in [0.2, 0.25) is 0 Å². The molecule has 1 unspecified atom stereocenters. The summed E-state index contributed by atoms with van der Waals surface area (Å²) in [6, 6.07) is 14.7. The summed E-state index contributed by atoms with van der Waals surface area (Å²) in [6.07, 6.45) is 7.35. The average Bonchev–Trinajstić information content (AvgIpc) is 2.78. The SMILES string of the molecule is C[N+]1(C)[C@@H]2CC[C@H]1CC(C=C(c1ccc(F)cc1)c1ccc(F)cc1)C2. The number of piperidine rings is 1. The maximum atomic E-state index is 13.4. The molecule has 3 atom stereocenters. The van der Waals surface area contributed by atoms with Crippen molar-refractivity contribution in [3.8, 4) is 0 Å². The van der Waals surface area contributed by atoms with Crippen LogP contribution in [0.5, 0.6) is 0 Å². The van der Waals surface area contributed by atoms with Crippen LogP contribution in [0.25, 0.3) is 5.57 Å². The van der Waals surface area contributed by atoms with Crippen LogP contribution in [0.3, 0.4) is 0 Å². The predicted molar refractivity (Wildman–Crippen MR) is 102 cm³/mol. The van der Waals surface area contributed by atoms with Gasteiger partial charge in [0.15, 0.2) is 0 Å². The van der Waals surface area contributed by atoms with E-state index in [1.807, 2.05) is 24.3 Å². The molecular weight excluding hydrogens is 328 g/mol. The molecule has 136 valence electrons. The van der Waals surface area contributed by atoms with Gasteiger partial charge in [0.1, 0.15) is 11.6 Å². The van der Waals surface area contributed by atoms with E-state index in [1.54, 1.807) is 0 Å². The molecule has 2 saturated heterocycles. The van der Waals surface area contributed by atoms with Gasteiger partial charge in [0.25, 0.3) is 0 Å². The first-order valence-electron chi connectivity index (χ1n) is 9.50. The Morgan fingerprint density at radius 3 is 1.65 bits per heavy atom. The highest BCUT2D eigenvalue weighted by atomic mass is 19.1. The van der Waals surface area contributed by atoms with Crippen LogP contribution in [0, 0.1) is 17.6 Å². The normalized spacial score (nSPS) is 26.5. The Labute approximate surface area is 154 Å². The van der Waals surface area contributed by atoms with Crippen LogP contribution in [-0.4, -0.2) is 30.7 Å². The van der Waals surface area contributed by atoms with Crippen molar-refractivity contribution in [2.45, 2.75) is 37.8 Å². The Kier molecular flexibility index (Phi) is 4.44. The zero-order valence-corrected chi connectivity index (χ0v) is 15.5. The van der Waals surface area contributed by atoms with Crippen LogP contribution in [0.15, 0.2) is 54.6 Å². The van der Waals surface area contributed by atoms with E-state index in [0.717, 1.165) is 33.3 Å². The number of benzene rings is 2. The number of nitrogens with zero attached hydrogens (tertiary/aromatic N) is 1. The first-order valence-corrected chi connectivity index (χ1v) is 9.50. The second-order valence-electron chi connectivity index (χ2n) is 8.34. The summed E-state index contributed by atoms with van der Waals surface area (Å²) in [7, 11) is 4.73. The zero-order valence-electron chi connectivity index (χ0n) is 15.5.